The maximum atomic E-state index is 12.9. The number of methoxy groups -OCH3 is 1. The molecule has 0 saturated carbocycles. The van der Waals surface area contributed by atoms with Crippen LogP contribution in [0.25, 0.3) is 11.3 Å². The number of hydrogen-bond donors (Lipinski definition) is 1. The Kier molecular flexibility index (Phi) is 5.79. The lowest BCUT2D eigenvalue weighted by molar-refractivity contribution is -0.130. The number of benzene rings is 2. The lowest BCUT2D eigenvalue weighted by Crippen LogP contribution is -2.36. The van der Waals surface area contributed by atoms with E-state index in [0.29, 0.717) is 13.0 Å². The van der Waals surface area contributed by atoms with Gasteiger partial charge in [0, 0.05) is 37.8 Å². The summed E-state index contributed by atoms with van der Waals surface area (Å²) in [7, 11) is 1.64. The van der Waals surface area contributed by atoms with Crippen LogP contribution in [0.2, 0.25) is 0 Å². The van der Waals surface area contributed by atoms with E-state index < -0.39 is 0 Å². The van der Waals surface area contributed by atoms with Gasteiger partial charge < -0.3 is 14.5 Å². The number of anilines is 1. The zero-order valence-corrected chi connectivity index (χ0v) is 16.7. The number of hydrogen-bond acceptors (Lipinski definition) is 4. The molecule has 0 spiro atoms. The summed E-state index contributed by atoms with van der Waals surface area (Å²) in [4.78, 5) is 17.1. The second kappa shape index (κ2) is 8.82. The smallest absolute Gasteiger partial charge is 0.227 e. The quantitative estimate of drug-likeness (QED) is 0.726. The van der Waals surface area contributed by atoms with Gasteiger partial charge in [0.25, 0.3) is 0 Å². The molecule has 1 N–H and O–H groups in total. The van der Waals surface area contributed by atoms with Gasteiger partial charge in [0.2, 0.25) is 5.91 Å². The normalized spacial score (nSPS) is 14.5. The largest absolute Gasteiger partial charge is 0.496 e. The first kappa shape index (κ1) is 19.1. The molecule has 1 aliphatic heterocycles. The van der Waals surface area contributed by atoms with Crippen LogP contribution >= 0.6 is 0 Å². The van der Waals surface area contributed by atoms with Crippen molar-refractivity contribution < 1.29 is 9.53 Å². The number of nitrogens with one attached hydrogen (secondary N) is 1. The number of aromatic amines is 1. The first-order chi connectivity index (χ1) is 14.2. The van der Waals surface area contributed by atoms with Crippen LogP contribution in [0.3, 0.4) is 0 Å². The number of nitrogens with zero attached hydrogens (tertiary/aromatic N) is 3. The van der Waals surface area contributed by atoms with Crippen molar-refractivity contribution in [2.24, 2.45) is 0 Å². The highest BCUT2D eigenvalue weighted by atomic mass is 16.5. The van der Waals surface area contributed by atoms with Crippen LogP contribution in [0.15, 0.2) is 60.7 Å². The van der Waals surface area contributed by atoms with Crippen molar-refractivity contribution in [3.8, 4) is 17.0 Å². The molecule has 0 bridgehead atoms. The van der Waals surface area contributed by atoms with Crippen molar-refractivity contribution in [3.63, 3.8) is 0 Å². The summed E-state index contributed by atoms with van der Waals surface area (Å²) in [5.41, 5.74) is 3.06. The van der Waals surface area contributed by atoms with Crippen LogP contribution in [0.4, 0.5) is 5.82 Å². The molecule has 3 aromatic rings. The van der Waals surface area contributed by atoms with E-state index in [9.17, 15) is 4.79 Å². The fraction of sp³-hybridized carbons (Fsp3) is 0.304. The monoisotopic (exact) mass is 390 g/mol. The molecule has 0 radical (unpaired) electrons. The van der Waals surface area contributed by atoms with E-state index in [4.69, 9.17) is 4.74 Å². The summed E-state index contributed by atoms with van der Waals surface area (Å²) in [6, 6.07) is 20.0. The van der Waals surface area contributed by atoms with Gasteiger partial charge >= 0.3 is 0 Å². The molecule has 29 heavy (non-hydrogen) atoms. The zero-order chi connectivity index (χ0) is 20.1. The van der Waals surface area contributed by atoms with E-state index >= 15 is 0 Å². The molecule has 1 aliphatic rings. The van der Waals surface area contributed by atoms with Crippen molar-refractivity contribution >= 4 is 11.7 Å². The van der Waals surface area contributed by atoms with Crippen LogP contribution in [-0.4, -0.2) is 54.3 Å². The van der Waals surface area contributed by atoms with Crippen molar-refractivity contribution in [3.05, 3.63) is 66.2 Å². The SMILES string of the molecule is COc1ccccc1CC(=O)N1CCCN(c2cc(-c3ccccc3)[nH]n2)CC1. The number of carbonyl (C=O) groups is 1. The molecule has 2 aromatic carbocycles. The number of ether oxygens (including phenoxy) is 1. The highest BCUT2D eigenvalue weighted by Gasteiger charge is 2.21. The molecule has 1 saturated heterocycles. The third-order valence-electron chi connectivity index (χ3n) is 5.36. The molecular weight excluding hydrogens is 364 g/mol. The maximum absolute atomic E-state index is 12.9. The second-order valence-electron chi connectivity index (χ2n) is 7.22. The van der Waals surface area contributed by atoms with Gasteiger partial charge in [-0.3, -0.25) is 9.89 Å². The van der Waals surface area contributed by atoms with Crippen molar-refractivity contribution in [2.75, 3.05) is 38.2 Å². The number of carbonyl (C=O) groups excluding carboxylic acids is 1. The van der Waals surface area contributed by atoms with E-state index in [1.54, 1.807) is 7.11 Å². The Morgan fingerprint density at radius 3 is 2.66 bits per heavy atom. The average Bonchev–Trinajstić information content (AvgIpc) is 3.12. The fourth-order valence-corrected chi connectivity index (χ4v) is 3.76. The highest BCUT2D eigenvalue weighted by Crippen LogP contribution is 2.23. The Hall–Kier alpha value is -3.28. The minimum atomic E-state index is 0.142. The molecule has 0 atom stereocenters. The fourth-order valence-electron chi connectivity index (χ4n) is 3.76. The standard InChI is InChI=1S/C23H26N4O2/c1-29-21-11-6-5-10-19(21)16-23(28)27-13-7-12-26(14-15-27)22-17-20(24-25-22)18-8-3-2-4-9-18/h2-6,8-11,17H,7,12-16H2,1H3,(H,24,25). The summed E-state index contributed by atoms with van der Waals surface area (Å²) in [5.74, 6) is 1.84. The summed E-state index contributed by atoms with van der Waals surface area (Å²) in [6.07, 6.45) is 1.29. The lowest BCUT2D eigenvalue weighted by atomic mass is 10.1. The molecule has 4 rings (SSSR count). The molecule has 0 aliphatic carbocycles. The van der Waals surface area contributed by atoms with Crippen LogP contribution in [-0.2, 0) is 11.2 Å². The Morgan fingerprint density at radius 2 is 1.83 bits per heavy atom. The maximum Gasteiger partial charge on any atom is 0.227 e. The highest BCUT2D eigenvalue weighted by molar-refractivity contribution is 5.79. The lowest BCUT2D eigenvalue weighted by Gasteiger charge is -2.22. The number of para-hydroxylation sites is 1. The van der Waals surface area contributed by atoms with E-state index in [0.717, 1.165) is 54.4 Å². The minimum absolute atomic E-state index is 0.142. The van der Waals surface area contributed by atoms with Gasteiger partial charge in [-0.1, -0.05) is 48.5 Å². The van der Waals surface area contributed by atoms with Crippen molar-refractivity contribution in [1.29, 1.82) is 0 Å². The second-order valence-corrected chi connectivity index (χ2v) is 7.22. The first-order valence-corrected chi connectivity index (χ1v) is 10.00. The van der Waals surface area contributed by atoms with E-state index in [1.165, 1.54) is 0 Å². The van der Waals surface area contributed by atoms with Gasteiger partial charge in [-0.15, -0.1) is 0 Å². The Balaban J connectivity index is 1.39. The predicted molar refractivity (Wildman–Crippen MR) is 114 cm³/mol. The average molecular weight is 390 g/mol. The summed E-state index contributed by atoms with van der Waals surface area (Å²) < 4.78 is 5.38. The van der Waals surface area contributed by atoms with Crippen LogP contribution < -0.4 is 9.64 Å². The Morgan fingerprint density at radius 1 is 1.03 bits per heavy atom. The molecular formula is C23H26N4O2. The number of H-pyrrole nitrogens is 1. The zero-order valence-electron chi connectivity index (χ0n) is 16.7. The molecule has 1 aromatic heterocycles. The van der Waals surface area contributed by atoms with Crippen molar-refractivity contribution in [1.82, 2.24) is 15.1 Å². The van der Waals surface area contributed by atoms with Crippen LogP contribution in [0, 0.1) is 0 Å². The van der Waals surface area contributed by atoms with Gasteiger partial charge in [0.05, 0.1) is 19.2 Å². The number of amides is 1. The molecule has 6 heteroatoms. The molecule has 1 amide bonds. The molecule has 2 heterocycles. The van der Waals surface area contributed by atoms with Crippen LogP contribution in [0.5, 0.6) is 5.75 Å². The van der Waals surface area contributed by atoms with E-state index in [-0.39, 0.29) is 5.91 Å². The molecule has 1 fully saturated rings. The molecule has 0 unspecified atom stereocenters. The van der Waals surface area contributed by atoms with Gasteiger partial charge in [0.15, 0.2) is 5.82 Å². The van der Waals surface area contributed by atoms with Crippen LogP contribution in [0.1, 0.15) is 12.0 Å². The third-order valence-corrected chi connectivity index (χ3v) is 5.36. The topological polar surface area (TPSA) is 61.5 Å². The van der Waals surface area contributed by atoms with E-state index in [2.05, 4.69) is 33.3 Å². The first-order valence-electron chi connectivity index (χ1n) is 10.00. The number of aromatic nitrogens is 2. The Labute approximate surface area is 171 Å². The summed E-state index contributed by atoms with van der Waals surface area (Å²) in [6.45, 7) is 3.12. The van der Waals surface area contributed by atoms with Gasteiger partial charge in [-0.2, -0.15) is 5.10 Å². The van der Waals surface area contributed by atoms with E-state index in [1.807, 2.05) is 47.4 Å². The molecule has 6 nitrogen and oxygen atoms in total. The third kappa shape index (κ3) is 4.42. The van der Waals surface area contributed by atoms with Gasteiger partial charge in [-0.05, 0) is 18.1 Å². The summed E-state index contributed by atoms with van der Waals surface area (Å²) in [5, 5.41) is 7.63. The minimum Gasteiger partial charge on any atom is -0.496 e. The van der Waals surface area contributed by atoms with Gasteiger partial charge in [-0.25, -0.2) is 0 Å². The summed E-state index contributed by atoms with van der Waals surface area (Å²) >= 11 is 0. The molecule has 150 valence electrons. The predicted octanol–water partition coefficient (Wildman–Crippen LogP) is 3.37. The van der Waals surface area contributed by atoms with Gasteiger partial charge in [0.1, 0.15) is 5.75 Å². The van der Waals surface area contributed by atoms with Crippen molar-refractivity contribution in [2.45, 2.75) is 12.8 Å². The Bertz CT molecular complexity index is 954. The number of rotatable bonds is 5.